The van der Waals surface area contributed by atoms with Crippen LogP contribution in [0.5, 0.6) is 0 Å². The van der Waals surface area contributed by atoms with Crippen LogP contribution in [-0.4, -0.2) is 78.7 Å². The van der Waals surface area contributed by atoms with Gasteiger partial charge in [-0.05, 0) is 36.6 Å². The van der Waals surface area contributed by atoms with Crippen LogP contribution < -0.4 is 22.1 Å². The number of amides is 2. The molecule has 1 unspecified atom stereocenters. The number of imidazole rings is 1. The number of ether oxygens (including phenoxy) is 1. The number of likely N-dealkylation sites (tertiary alicyclic amines) is 1. The van der Waals surface area contributed by atoms with E-state index in [9.17, 15) is 27.6 Å². The Kier molecular flexibility index (Phi) is 9.39. The predicted octanol–water partition coefficient (Wildman–Crippen LogP) is 1.56. The van der Waals surface area contributed by atoms with Gasteiger partial charge in [-0.2, -0.15) is 23.5 Å². The van der Waals surface area contributed by atoms with Gasteiger partial charge < -0.3 is 26.8 Å². The van der Waals surface area contributed by atoms with Crippen LogP contribution in [0, 0.1) is 11.3 Å². The lowest BCUT2D eigenvalue weighted by Gasteiger charge is -2.26. The average Bonchev–Trinajstić information content (AvgIpc) is 3.75. The molecule has 18 heteroatoms. The van der Waals surface area contributed by atoms with Crippen molar-refractivity contribution >= 4 is 34.9 Å². The molecule has 15 nitrogen and oxygen atoms in total. The Morgan fingerprint density at radius 1 is 1.23 bits per heavy atom. The molecule has 1 fully saturated rings. The van der Waals surface area contributed by atoms with Crippen LogP contribution in [-0.2, 0) is 33.5 Å². The van der Waals surface area contributed by atoms with Gasteiger partial charge in [-0.25, -0.2) is 14.8 Å². The minimum Gasteiger partial charge on any atom is -0.438 e. The van der Waals surface area contributed by atoms with Gasteiger partial charge in [0.05, 0.1) is 29.6 Å². The first kappa shape index (κ1) is 32.8. The SMILES string of the molecule is CCc1cc(Nc2nccn3c(-c4cn(CC#N)nc4C(F)(F)F)cnc23)ccc1C(=O)NCCN1CC[C@H](N)C1OC(=O)C(N)=O. The first-order chi connectivity index (χ1) is 22.4. The van der Waals surface area contributed by atoms with Gasteiger partial charge in [-0.3, -0.25) is 23.6 Å². The third kappa shape index (κ3) is 7.00. The number of primary amides is 1. The number of aromatic nitrogens is 5. The van der Waals surface area contributed by atoms with Crippen molar-refractivity contribution in [1.29, 1.82) is 5.26 Å². The number of fused-ring (bicyclic) bond motifs is 1. The van der Waals surface area contributed by atoms with Crippen LogP contribution in [0.4, 0.5) is 24.7 Å². The number of carbonyl (C=O) groups is 3. The van der Waals surface area contributed by atoms with Crippen LogP contribution >= 0.6 is 0 Å². The highest BCUT2D eigenvalue weighted by Crippen LogP contribution is 2.37. The second-order valence-electron chi connectivity index (χ2n) is 10.6. The van der Waals surface area contributed by atoms with Gasteiger partial charge in [0.25, 0.3) is 5.91 Å². The van der Waals surface area contributed by atoms with Crippen molar-refractivity contribution < 1.29 is 32.3 Å². The Morgan fingerprint density at radius 2 is 2.02 bits per heavy atom. The quantitative estimate of drug-likeness (QED) is 0.142. The monoisotopic (exact) mass is 653 g/mol. The number of nitriles is 1. The van der Waals surface area contributed by atoms with Crippen molar-refractivity contribution in [3.05, 3.63) is 59.8 Å². The molecular weight excluding hydrogens is 623 g/mol. The number of hydrogen-bond acceptors (Lipinski definition) is 11. The maximum Gasteiger partial charge on any atom is 0.435 e. The molecule has 0 radical (unpaired) electrons. The molecule has 6 N–H and O–H groups in total. The highest BCUT2D eigenvalue weighted by Gasteiger charge is 2.38. The average molecular weight is 654 g/mol. The van der Waals surface area contributed by atoms with Gasteiger partial charge in [0.1, 0.15) is 6.54 Å². The Labute approximate surface area is 265 Å². The minimum atomic E-state index is -4.76. The topological polar surface area (TPSA) is 212 Å². The molecule has 1 aliphatic heterocycles. The molecule has 0 spiro atoms. The summed E-state index contributed by atoms with van der Waals surface area (Å²) in [5, 5.41) is 18.5. The van der Waals surface area contributed by atoms with Gasteiger partial charge >= 0.3 is 18.1 Å². The highest BCUT2D eigenvalue weighted by atomic mass is 19.4. The van der Waals surface area contributed by atoms with Gasteiger partial charge in [0, 0.05) is 49.5 Å². The maximum atomic E-state index is 13.8. The van der Waals surface area contributed by atoms with E-state index in [1.807, 2.05) is 6.92 Å². The Morgan fingerprint density at radius 3 is 2.72 bits per heavy atom. The van der Waals surface area contributed by atoms with Crippen molar-refractivity contribution in [1.82, 2.24) is 34.4 Å². The summed E-state index contributed by atoms with van der Waals surface area (Å²) in [7, 11) is 0. The van der Waals surface area contributed by atoms with E-state index in [1.54, 1.807) is 29.2 Å². The molecule has 2 atom stereocenters. The van der Waals surface area contributed by atoms with E-state index in [4.69, 9.17) is 21.5 Å². The third-order valence-electron chi connectivity index (χ3n) is 7.55. The van der Waals surface area contributed by atoms with Crippen LogP contribution in [0.15, 0.2) is 43.0 Å². The second-order valence-corrected chi connectivity index (χ2v) is 10.6. The molecule has 246 valence electrons. The number of nitrogens with one attached hydrogen (secondary N) is 2. The summed E-state index contributed by atoms with van der Waals surface area (Å²) in [5.74, 6) is -2.48. The number of anilines is 2. The first-order valence-corrected chi connectivity index (χ1v) is 14.4. The summed E-state index contributed by atoms with van der Waals surface area (Å²) in [6.45, 7) is 2.54. The van der Waals surface area contributed by atoms with Crippen LogP contribution in [0.25, 0.3) is 16.9 Å². The number of hydrogen-bond donors (Lipinski definition) is 4. The van der Waals surface area contributed by atoms with Crippen LogP contribution in [0.1, 0.15) is 35.0 Å². The number of alkyl halides is 3. The molecule has 5 rings (SSSR count). The van der Waals surface area contributed by atoms with Crippen LogP contribution in [0.3, 0.4) is 0 Å². The van der Waals surface area contributed by atoms with Crippen molar-refractivity contribution in [3.8, 4) is 17.3 Å². The van der Waals surface area contributed by atoms with Gasteiger partial charge in [-0.15, -0.1) is 0 Å². The molecule has 1 saturated heterocycles. The number of aryl methyl sites for hydroxylation is 1. The Bertz CT molecular complexity index is 1860. The summed E-state index contributed by atoms with van der Waals surface area (Å²) < 4.78 is 48.8. The van der Waals surface area contributed by atoms with E-state index >= 15 is 0 Å². The Balaban J connectivity index is 1.30. The summed E-state index contributed by atoms with van der Waals surface area (Å²) in [6, 6.07) is 6.34. The van der Waals surface area contributed by atoms with E-state index in [1.165, 1.54) is 23.0 Å². The van der Waals surface area contributed by atoms with Gasteiger partial charge in [0.15, 0.2) is 23.4 Å². The normalized spacial score (nSPS) is 16.6. The lowest BCUT2D eigenvalue weighted by Crippen LogP contribution is -2.47. The third-order valence-corrected chi connectivity index (χ3v) is 7.55. The molecule has 1 aliphatic rings. The lowest BCUT2D eigenvalue weighted by molar-refractivity contribution is -0.164. The number of esters is 1. The van der Waals surface area contributed by atoms with Crippen molar-refractivity contribution in [2.24, 2.45) is 11.5 Å². The molecule has 0 saturated carbocycles. The maximum absolute atomic E-state index is 13.8. The van der Waals surface area contributed by atoms with E-state index < -0.39 is 36.0 Å². The smallest absolute Gasteiger partial charge is 0.435 e. The minimum absolute atomic E-state index is 0.108. The molecule has 47 heavy (non-hydrogen) atoms. The summed E-state index contributed by atoms with van der Waals surface area (Å²) in [4.78, 5) is 46.2. The van der Waals surface area contributed by atoms with Crippen LogP contribution in [0.2, 0.25) is 0 Å². The van der Waals surface area contributed by atoms with Crippen molar-refractivity contribution in [2.75, 3.05) is 25.0 Å². The molecule has 0 bridgehead atoms. The molecule has 3 aromatic heterocycles. The van der Waals surface area contributed by atoms with Gasteiger partial charge in [0.2, 0.25) is 0 Å². The van der Waals surface area contributed by atoms with E-state index in [0.29, 0.717) is 42.7 Å². The fourth-order valence-electron chi connectivity index (χ4n) is 5.33. The first-order valence-electron chi connectivity index (χ1n) is 14.4. The predicted molar refractivity (Wildman–Crippen MR) is 159 cm³/mol. The fourth-order valence-corrected chi connectivity index (χ4v) is 5.33. The molecular formula is C29H30F3N11O4. The van der Waals surface area contributed by atoms with E-state index in [0.717, 1.165) is 10.9 Å². The summed E-state index contributed by atoms with van der Waals surface area (Å²) >= 11 is 0. The molecule has 2 amide bonds. The number of rotatable bonds is 10. The molecule has 0 aliphatic carbocycles. The van der Waals surface area contributed by atoms with Gasteiger partial charge in [-0.1, -0.05) is 6.92 Å². The summed E-state index contributed by atoms with van der Waals surface area (Å²) in [6.07, 6.45) is 0.738. The molecule has 4 aromatic rings. The zero-order valence-electron chi connectivity index (χ0n) is 25.0. The largest absolute Gasteiger partial charge is 0.438 e. The lowest BCUT2D eigenvalue weighted by atomic mass is 10.0. The second kappa shape index (κ2) is 13.4. The van der Waals surface area contributed by atoms with Crippen molar-refractivity contribution in [3.63, 3.8) is 0 Å². The standard InChI is InChI=1S/C29H30F3N11O4/c1-2-16-13-17(3-4-18(16)26(45)37-7-11-41-9-5-20(34)27(41)47-28(46)23(35)44)39-24-25-38-14-21(43(25)12-8-36-24)19-15-42(10-6-33)40-22(19)29(30,31)32/h3-4,8,12-15,20,27H,2,5,7,9-11,34H2,1H3,(H2,35,44)(H,36,39)(H,37,45)/t20-,27?/m0/s1. The number of benzene rings is 1. The number of nitrogens with two attached hydrogens (primary N) is 2. The molecule has 4 heterocycles. The van der Waals surface area contributed by atoms with E-state index in [-0.39, 0.29) is 41.7 Å². The Hall–Kier alpha value is -5.54. The zero-order valence-corrected chi connectivity index (χ0v) is 25.0. The number of nitrogens with zero attached hydrogens (tertiary/aromatic N) is 7. The number of halogens is 3. The number of carbonyl (C=O) groups excluding carboxylic acids is 3. The fraction of sp³-hybridized carbons (Fsp3) is 0.345. The van der Waals surface area contributed by atoms with Crippen molar-refractivity contribution in [2.45, 2.75) is 44.8 Å². The zero-order chi connectivity index (χ0) is 33.9. The highest BCUT2D eigenvalue weighted by molar-refractivity contribution is 6.31. The van der Waals surface area contributed by atoms with E-state index in [2.05, 4.69) is 25.7 Å². The summed E-state index contributed by atoms with van der Waals surface area (Å²) in [5.41, 5.74) is 11.7. The molecule has 1 aromatic carbocycles.